The minimum Gasteiger partial charge on any atom is -0.472 e. The predicted octanol–water partition coefficient (Wildman–Crippen LogP) is 2.02. The summed E-state index contributed by atoms with van der Waals surface area (Å²) in [6.07, 6.45) is 4.19. The van der Waals surface area contributed by atoms with E-state index in [0.29, 0.717) is 31.5 Å². The fraction of sp³-hybridized carbons (Fsp3) is 0.353. The fourth-order valence-electron chi connectivity index (χ4n) is 2.98. The zero-order chi connectivity index (χ0) is 19.4. The summed E-state index contributed by atoms with van der Waals surface area (Å²) < 4.78 is 32.2. The lowest BCUT2D eigenvalue weighted by molar-refractivity contribution is -0.385. The normalized spacial score (nSPS) is 15.6. The first-order chi connectivity index (χ1) is 12.9. The number of hydrogen-bond acceptors (Lipinski definition) is 6. The molecule has 144 valence electrons. The van der Waals surface area contributed by atoms with Gasteiger partial charge in [0, 0.05) is 31.8 Å². The van der Waals surface area contributed by atoms with Gasteiger partial charge in [-0.1, -0.05) is 6.07 Å². The molecule has 27 heavy (non-hydrogen) atoms. The third-order valence-corrected chi connectivity index (χ3v) is 5.99. The number of non-ortho nitro benzene ring substituents is 1. The van der Waals surface area contributed by atoms with Gasteiger partial charge in [0.05, 0.1) is 21.6 Å². The average molecular weight is 393 g/mol. The SMILES string of the molecule is O=C(c1ccoc1)N1CCC(CNS(=O)(=O)c2cccc([N+](=O)[O-])c2)CC1. The number of nitrogens with one attached hydrogen (secondary N) is 1. The van der Waals surface area contributed by atoms with Gasteiger partial charge in [-0.3, -0.25) is 14.9 Å². The van der Waals surface area contributed by atoms with Crippen LogP contribution in [-0.2, 0) is 10.0 Å². The highest BCUT2D eigenvalue weighted by atomic mass is 32.2. The van der Waals surface area contributed by atoms with E-state index in [0.717, 1.165) is 6.07 Å². The molecule has 1 aliphatic heterocycles. The van der Waals surface area contributed by atoms with Crippen LogP contribution in [0.3, 0.4) is 0 Å². The van der Waals surface area contributed by atoms with Gasteiger partial charge in [0.1, 0.15) is 6.26 Å². The standard InChI is InChI=1S/C17H19N3O6S/c21-17(14-6-9-26-12-14)19-7-4-13(5-8-19)11-18-27(24,25)16-3-1-2-15(10-16)20(22)23/h1-3,6,9-10,12-13,18H,4-5,7-8,11H2. The van der Waals surface area contributed by atoms with Gasteiger partial charge >= 0.3 is 0 Å². The lowest BCUT2D eigenvalue weighted by atomic mass is 9.97. The summed E-state index contributed by atoms with van der Waals surface area (Å²) in [5.41, 5.74) is 0.226. The Morgan fingerprint density at radius 2 is 2.04 bits per heavy atom. The maximum Gasteiger partial charge on any atom is 0.270 e. The summed E-state index contributed by atoms with van der Waals surface area (Å²) in [6.45, 7) is 1.29. The summed E-state index contributed by atoms with van der Waals surface area (Å²) in [6, 6.07) is 6.55. The number of benzene rings is 1. The largest absolute Gasteiger partial charge is 0.472 e. The maximum absolute atomic E-state index is 12.4. The van der Waals surface area contributed by atoms with Crippen molar-refractivity contribution in [1.29, 1.82) is 0 Å². The van der Waals surface area contributed by atoms with E-state index in [-0.39, 0.29) is 29.0 Å². The Kier molecular flexibility index (Phi) is 5.57. The van der Waals surface area contributed by atoms with Gasteiger partial charge in [0.15, 0.2) is 0 Å². The number of nitro benzene ring substituents is 1. The van der Waals surface area contributed by atoms with Crippen molar-refractivity contribution in [3.05, 3.63) is 58.5 Å². The van der Waals surface area contributed by atoms with Crippen molar-refractivity contribution in [3.63, 3.8) is 0 Å². The van der Waals surface area contributed by atoms with E-state index in [1.54, 1.807) is 11.0 Å². The first-order valence-corrected chi connectivity index (χ1v) is 9.91. The lowest BCUT2D eigenvalue weighted by Crippen LogP contribution is -2.41. The van der Waals surface area contributed by atoms with Crippen LogP contribution in [0.5, 0.6) is 0 Å². The molecule has 1 amide bonds. The van der Waals surface area contributed by atoms with E-state index >= 15 is 0 Å². The van der Waals surface area contributed by atoms with Crippen molar-refractivity contribution in [2.24, 2.45) is 5.92 Å². The van der Waals surface area contributed by atoms with Gasteiger partial charge in [0.2, 0.25) is 10.0 Å². The van der Waals surface area contributed by atoms with Crippen LogP contribution in [-0.4, -0.2) is 43.8 Å². The van der Waals surface area contributed by atoms with Crippen molar-refractivity contribution >= 4 is 21.6 Å². The average Bonchev–Trinajstić information content (AvgIpc) is 3.21. The van der Waals surface area contributed by atoms with Gasteiger partial charge in [-0.15, -0.1) is 0 Å². The molecular formula is C17H19N3O6S. The molecule has 0 atom stereocenters. The second-order valence-electron chi connectivity index (χ2n) is 6.35. The quantitative estimate of drug-likeness (QED) is 0.592. The molecular weight excluding hydrogens is 374 g/mol. The van der Waals surface area contributed by atoms with Crippen molar-refractivity contribution in [3.8, 4) is 0 Å². The summed E-state index contributed by atoms with van der Waals surface area (Å²) in [5.74, 6) is -0.00810. The Morgan fingerprint density at radius 1 is 1.30 bits per heavy atom. The van der Waals surface area contributed by atoms with Crippen LogP contribution < -0.4 is 4.72 Å². The third kappa shape index (κ3) is 4.52. The molecule has 0 saturated carbocycles. The number of hydrogen-bond donors (Lipinski definition) is 1. The predicted molar refractivity (Wildman–Crippen MR) is 95.6 cm³/mol. The number of amides is 1. The van der Waals surface area contributed by atoms with Crippen molar-refractivity contribution in [2.45, 2.75) is 17.7 Å². The lowest BCUT2D eigenvalue weighted by Gasteiger charge is -2.31. The summed E-state index contributed by atoms with van der Waals surface area (Å²) in [5, 5.41) is 10.8. The third-order valence-electron chi connectivity index (χ3n) is 4.57. The van der Waals surface area contributed by atoms with E-state index in [9.17, 15) is 23.3 Å². The Balaban J connectivity index is 1.54. The van der Waals surface area contributed by atoms with Gasteiger partial charge in [-0.2, -0.15) is 0 Å². The Bertz CT molecular complexity index is 918. The number of carbonyl (C=O) groups is 1. The van der Waals surface area contributed by atoms with E-state index in [4.69, 9.17) is 4.42 Å². The Morgan fingerprint density at radius 3 is 2.67 bits per heavy atom. The molecule has 1 aromatic heterocycles. The molecule has 3 rings (SSSR count). The monoisotopic (exact) mass is 393 g/mol. The van der Waals surface area contributed by atoms with Crippen molar-refractivity contribution < 1.29 is 22.6 Å². The van der Waals surface area contributed by atoms with Crippen molar-refractivity contribution in [1.82, 2.24) is 9.62 Å². The molecule has 1 aliphatic rings. The molecule has 1 N–H and O–H groups in total. The van der Waals surface area contributed by atoms with Crippen LogP contribution in [0.15, 0.2) is 52.2 Å². The molecule has 1 aromatic carbocycles. The Labute approximate surface area is 156 Å². The van der Waals surface area contributed by atoms with Gasteiger partial charge in [-0.25, -0.2) is 13.1 Å². The second kappa shape index (κ2) is 7.89. The van der Waals surface area contributed by atoms with Gasteiger partial charge < -0.3 is 9.32 Å². The topological polar surface area (TPSA) is 123 Å². The molecule has 2 aromatic rings. The number of furan rings is 1. The zero-order valence-corrected chi connectivity index (χ0v) is 15.2. The van der Waals surface area contributed by atoms with E-state index in [1.165, 1.54) is 30.7 Å². The molecule has 0 aliphatic carbocycles. The van der Waals surface area contributed by atoms with Crippen LogP contribution in [0, 0.1) is 16.0 Å². The number of carbonyl (C=O) groups excluding carboxylic acids is 1. The Hall–Kier alpha value is -2.72. The molecule has 0 unspecified atom stereocenters. The van der Waals surface area contributed by atoms with E-state index in [1.807, 2.05) is 0 Å². The first kappa shape index (κ1) is 19.1. The number of nitrogens with zero attached hydrogens (tertiary/aromatic N) is 2. The molecule has 1 fully saturated rings. The van der Waals surface area contributed by atoms with Crippen LogP contribution in [0.2, 0.25) is 0 Å². The summed E-state index contributed by atoms with van der Waals surface area (Å²) in [4.78, 5) is 24.0. The molecule has 10 heteroatoms. The van der Waals surface area contributed by atoms with Crippen LogP contribution >= 0.6 is 0 Å². The molecule has 9 nitrogen and oxygen atoms in total. The fourth-order valence-corrected chi connectivity index (χ4v) is 4.14. The highest BCUT2D eigenvalue weighted by Gasteiger charge is 2.26. The highest BCUT2D eigenvalue weighted by molar-refractivity contribution is 7.89. The molecule has 0 spiro atoms. The number of rotatable bonds is 6. The van der Waals surface area contributed by atoms with Gasteiger partial charge in [0.25, 0.3) is 11.6 Å². The number of likely N-dealkylation sites (tertiary alicyclic amines) is 1. The number of piperidine rings is 1. The van der Waals surface area contributed by atoms with Crippen molar-refractivity contribution in [2.75, 3.05) is 19.6 Å². The molecule has 1 saturated heterocycles. The van der Waals surface area contributed by atoms with Gasteiger partial charge in [-0.05, 0) is 30.9 Å². The van der Waals surface area contributed by atoms with E-state index in [2.05, 4.69) is 4.72 Å². The van der Waals surface area contributed by atoms with Crippen LogP contribution in [0.25, 0.3) is 0 Å². The molecule has 0 radical (unpaired) electrons. The minimum atomic E-state index is -3.83. The molecule has 2 heterocycles. The number of sulfonamides is 1. The van der Waals surface area contributed by atoms with E-state index < -0.39 is 14.9 Å². The zero-order valence-electron chi connectivity index (χ0n) is 14.4. The summed E-state index contributed by atoms with van der Waals surface area (Å²) in [7, 11) is -3.83. The van der Waals surface area contributed by atoms with Crippen LogP contribution in [0.4, 0.5) is 5.69 Å². The molecule has 0 bridgehead atoms. The second-order valence-corrected chi connectivity index (χ2v) is 8.12. The first-order valence-electron chi connectivity index (χ1n) is 8.42. The maximum atomic E-state index is 12.4. The smallest absolute Gasteiger partial charge is 0.270 e. The number of nitro groups is 1. The minimum absolute atomic E-state index is 0.0897. The summed E-state index contributed by atoms with van der Waals surface area (Å²) >= 11 is 0. The highest BCUT2D eigenvalue weighted by Crippen LogP contribution is 2.21. The van der Waals surface area contributed by atoms with Crippen LogP contribution in [0.1, 0.15) is 23.2 Å².